The van der Waals surface area contributed by atoms with Gasteiger partial charge in [-0.25, -0.2) is 17.5 Å². The van der Waals surface area contributed by atoms with Crippen molar-refractivity contribution in [3.8, 4) is 0 Å². The molecule has 0 unspecified atom stereocenters. The van der Waals surface area contributed by atoms with Gasteiger partial charge in [0.25, 0.3) is 5.91 Å². The highest BCUT2D eigenvalue weighted by Crippen LogP contribution is 2.24. The van der Waals surface area contributed by atoms with Crippen molar-refractivity contribution in [2.45, 2.75) is 18.7 Å². The third-order valence-corrected chi connectivity index (χ3v) is 6.14. The number of aryl methyl sites for hydroxylation is 2. The van der Waals surface area contributed by atoms with E-state index in [0.29, 0.717) is 29.1 Å². The molecular formula is C16H24N2O5S3. The maximum Gasteiger partial charge on any atom is 0.420 e. The fraction of sp³-hybridized carbons (Fsp3) is 0.500. The quantitative estimate of drug-likeness (QED) is 0.495. The number of ether oxygens (including phenoxy) is 1. The Kier molecular flexibility index (Phi) is 8.29. The van der Waals surface area contributed by atoms with Crippen LogP contribution in [0.3, 0.4) is 0 Å². The first-order chi connectivity index (χ1) is 12.0. The molecule has 7 nitrogen and oxygen atoms in total. The molecule has 0 aliphatic heterocycles. The van der Waals surface area contributed by atoms with Crippen LogP contribution in [0.25, 0.3) is 0 Å². The van der Waals surface area contributed by atoms with Gasteiger partial charge in [0.1, 0.15) is 6.61 Å². The molecule has 0 spiro atoms. The average molecular weight is 421 g/mol. The Morgan fingerprint density at radius 2 is 1.65 bits per heavy atom. The number of hydrogen-bond acceptors (Lipinski definition) is 7. The summed E-state index contributed by atoms with van der Waals surface area (Å²) in [5.74, 6) is 0.356. The van der Waals surface area contributed by atoms with Crippen LogP contribution >= 0.6 is 23.9 Å². The first-order valence-corrected chi connectivity index (χ1v) is 11.7. The van der Waals surface area contributed by atoms with Crippen molar-refractivity contribution in [2.24, 2.45) is 0 Å². The van der Waals surface area contributed by atoms with Crippen molar-refractivity contribution < 1.29 is 22.7 Å². The van der Waals surface area contributed by atoms with E-state index in [0.717, 1.165) is 18.4 Å². The van der Waals surface area contributed by atoms with Crippen LogP contribution in [0.15, 0.2) is 17.0 Å². The summed E-state index contributed by atoms with van der Waals surface area (Å²) in [6.45, 7) is 3.61. The summed E-state index contributed by atoms with van der Waals surface area (Å²) in [6, 6.07) is 3.08. The predicted molar refractivity (Wildman–Crippen MR) is 106 cm³/mol. The Bertz CT molecular complexity index is 757. The molecule has 0 N–H and O–H groups in total. The van der Waals surface area contributed by atoms with Gasteiger partial charge in [-0.15, -0.1) is 0 Å². The van der Waals surface area contributed by atoms with Crippen LogP contribution in [0.2, 0.25) is 0 Å². The van der Waals surface area contributed by atoms with Gasteiger partial charge < -0.3 is 4.74 Å². The summed E-state index contributed by atoms with van der Waals surface area (Å²) in [5.41, 5.74) is 1.38. The van der Waals surface area contributed by atoms with Gasteiger partial charge in [-0.2, -0.15) is 11.8 Å². The molecule has 0 saturated carbocycles. The predicted octanol–water partition coefficient (Wildman–Crippen LogP) is 2.77. The second-order valence-corrected chi connectivity index (χ2v) is 9.90. The number of hydrogen-bond donors (Lipinski definition) is 0. The first kappa shape index (κ1) is 22.7. The van der Waals surface area contributed by atoms with E-state index in [4.69, 9.17) is 4.74 Å². The highest BCUT2D eigenvalue weighted by Gasteiger charge is 2.22. The van der Waals surface area contributed by atoms with Gasteiger partial charge >= 0.3 is 6.09 Å². The van der Waals surface area contributed by atoms with Gasteiger partial charge in [-0.05, 0) is 43.4 Å². The lowest BCUT2D eigenvalue weighted by Gasteiger charge is -2.22. The Morgan fingerprint density at radius 1 is 1.12 bits per heavy atom. The van der Waals surface area contributed by atoms with Crippen LogP contribution in [0, 0.1) is 13.8 Å². The fourth-order valence-electron chi connectivity index (χ4n) is 2.40. The lowest BCUT2D eigenvalue weighted by Crippen LogP contribution is -2.30. The number of sulfone groups is 1. The molecule has 1 aromatic carbocycles. The standard InChI is InChI=1S/C16H24N2O5S3/c1-11-9-13(10-12(2)14(11)26(6,21)22)15(19)17(3)25-18(4)16(20)23-7-8-24-5/h9-10H,7-8H2,1-6H3. The van der Waals surface area contributed by atoms with Gasteiger partial charge in [0, 0.05) is 31.7 Å². The number of amides is 2. The highest BCUT2D eigenvalue weighted by atomic mass is 32.2. The van der Waals surface area contributed by atoms with E-state index in [9.17, 15) is 18.0 Å². The molecule has 0 radical (unpaired) electrons. The topological polar surface area (TPSA) is 84.0 Å². The van der Waals surface area contributed by atoms with Crippen molar-refractivity contribution in [3.63, 3.8) is 0 Å². The lowest BCUT2D eigenvalue weighted by atomic mass is 10.1. The fourth-order valence-corrected chi connectivity index (χ4v) is 4.60. The van der Waals surface area contributed by atoms with Crippen LogP contribution in [-0.2, 0) is 14.6 Å². The Hall–Kier alpha value is -1.39. The molecule has 0 fully saturated rings. The monoisotopic (exact) mass is 420 g/mol. The number of carbonyl (C=O) groups is 2. The van der Waals surface area contributed by atoms with E-state index in [1.807, 2.05) is 6.26 Å². The van der Waals surface area contributed by atoms with Gasteiger partial charge in [0.05, 0.1) is 17.0 Å². The minimum atomic E-state index is -3.37. The first-order valence-electron chi connectivity index (χ1n) is 7.66. The van der Waals surface area contributed by atoms with Gasteiger partial charge in [0.2, 0.25) is 0 Å². The molecule has 1 rings (SSSR count). The number of nitrogens with zero attached hydrogens (tertiary/aromatic N) is 2. The van der Waals surface area contributed by atoms with E-state index in [1.54, 1.807) is 37.7 Å². The second kappa shape index (κ2) is 9.52. The summed E-state index contributed by atoms with van der Waals surface area (Å²) in [6.07, 6.45) is 2.52. The number of carbonyl (C=O) groups excluding carboxylic acids is 2. The van der Waals surface area contributed by atoms with E-state index in [-0.39, 0.29) is 10.8 Å². The van der Waals surface area contributed by atoms with Crippen LogP contribution in [0.5, 0.6) is 0 Å². The summed E-state index contributed by atoms with van der Waals surface area (Å²) in [7, 11) is -0.321. The number of rotatable bonds is 7. The van der Waals surface area contributed by atoms with Crippen molar-refractivity contribution in [1.82, 2.24) is 8.61 Å². The maximum absolute atomic E-state index is 12.6. The minimum absolute atomic E-state index is 0.235. The molecule has 0 aromatic heterocycles. The van der Waals surface area contributed by atoms with Crippen molar-refractivity contribution in [2.75, 3.05) is 39.0 Å². The van der Waals surface area contributed by atoms with E-state index in [2.05, 4.69) is 0 Å². The molecule has 146 valence electrons. The Labute approximate surface area is 163 Å². The molecule has 1 aromatic rings. The van der Waals surface area contributed by atoms with Crippen LogP contribution in [0.1, 0.15) is 21.5 Å². The zero-order valence-corrected chi connectivity index (χ0v) is 18.2. The lowest BCUT2D eigenvalue weighted by molar-refractivity contribution is 0.0888. The van der Waals surface area contributed by atoms with Crippen LogP contribution in [-0.4, -0.2) is 68.0 Å². The molecule has 0 heterocycles. The Morgan fingerprint density at radius 3 is 2.12 bits per heavy atom. The smallest absolute Gasteiger partial charge is 0.420 e. The second-order valence-electron chi connectivity index (χ2n) is 5.70. The normalized spacial score (nSPS) is 11.2. The summed E-state index contributed by atoms with van der Waals surface area (Å²) in [5, 5.41) is 0. The SMILES string of the molecule is CSCCOC(=O)N(C)SN(C)C(=O)c1cc(C)c(S(C)(=O)=O)c(C)c1. The molecule has 0 aliphatic carbocycles. The summed E-state index contributed by atoms with van der Waals surface area (Å²) >= 11 is 2.47. The number of benzene rings is 1. The molecule has 0 bridgehead atoms. The minimum Gasteiger partial charge on any atom is -0.448 e. The molecule has 0 atom stereocenters. The van der Waals surface area contributed by atoms with Crippen LogP contribution < -0.4 is 0 Å². The van der Waals surface area contributed by atoms with Gasteiger partial charge in [-0.3, -0.25) is 9.10 Å². The zero-order chi connectivity index (χ0) is 20.1. The molecule has 10 heteroatoms. The summed E-state index contributed by atoms with van der Waals surface area (Å²) < 4.78 is 31.3. The van der Waals surface area contributed by atoms with E-state index >= 15 is 0 Å². The largest absolute Gasteiger partial charge is 0.448 e. The molecule has 2 amide bonds. The van der Waals surface area contributed by atoms with Crippen molar-refractivity contribution in [3.05, 3.63) is 28.8 Å². The van der Waals surface area contributed by atoms with Gasteiger partial charge in [0.15, 0.2) is 9.84 Å². The highest BCUT2D eigenvalue weighted by molar-refractivity contribution is 7.98. The molecule has 0 saturated heterocycles. The van der Waals surface area contributed by atoms with Crippen molar-refractivity contribution >= 4 is 45.7 Å². The summed E-state index contributed by atoms with van der Waals surface area (Å²) in [4.78, 5) is 24.7. The zero-order valence-electron chi connectivity index (χ0n) is 15.7. The van der Waals surface area contributed by atoms with Crippen LogP contribution in [0.4, 0.5) is 4.79 Å². The Balaban J connectivity index is 2.88. The van der Waals surface area contributed by atoms with Gasteiger partial charge in [-0.1, -0.05) is 0 Å². The molecule has 0 aliphatic rings. The average Bonchev–Trinajstić information content (AvgIpc) is 2.51. The maximum atomic E-state index is 12.6. The number of thioether (sulfide) groups is 1. The third kappa shape index (κ3) is 6.10. The van der Waals surface area contributed by atoms with E-state index < -0.39 is 15.9 Å². The van der Waals surface area contributed by atoms with Crippen molar-refractivity contribution in [1.29, 1.82) is 0 Å². The van der Waals surface area contributed by atoms with E-state index in [1.165, 1.54) is 22.7 Å². The third-order valence-electron chi connectivity index (χ3n) is 3.38. The molecule has 26 heavy (non-hydrogen) atoms. The molecular weight excluding hydrogens is 396 g/mol.